The number of pyridine rings is 1. The van der Waals surface area contributed by atoms with E-state index in [0.29, 0.717) is 21.2 Å². The summed E-state index contributed by atoms with van der Waals surface area (Å²) in [5, 5.41) is 11.7. The second-order valence-corrected chi connectivity index (χ2v) is 5.08. The van der Waals surface area contributed by atoms with Gasteiger partial charge in [-0.2, -0.15) is 0 Å². The molecule has 0 atom stereocenters. The topological polar surface area (TPSA) is 65.1 Å². The number of hydrogen-bond donors (Lipinski definition) is 0. The largest absolute Gasteiger partial charge is 0.304 e. The van der Waals surface area contributed by atoms with E-state index in [-0.39, 0.29) is 17.8 Å². The van der Waals surface area contributed by atoms with Gasteiger partial charge >= 0.3 is 0 Å². The van der Waals surface area contributed by atoms with Crippen molar-refractivity contribution in [2.45, 2.75) is 13.5 Å². The van der Waals surface area contributed by atoms with Gasteiger partial charge in [-0.15, -0.1) is 0 Å². The number of halogens is 2. The van der Waals surface area contributed by atoms with Gasteiger partial charge in [-0.25, -0.2) is 0 Å². The molecule has 2 rings (SSSR count). The fourth-order valence-electron chi connectivity index (χ4n) is 1.82. The summed E-state index contributed by atoms with van der Waals surface area (Å²) in [6.07, 6.45) is 1.21. The number of nitro groups is 1. The molecule has 0 amide bonds. The van der Waals surface area contributed by atoms with E-state index in [0.717, 1.165) is 0 Å². The standard InChI is InChI=1S/C13H10Cl2N2O3/c1-8-5-13(18)16(7-12(8)17(19)20)6-9-10(14)3-2-4-11(9)15/h2-5,7H,6H2,1H3. The summed E-state index contributed by atoms with van der Waals surface area (Å²) in [5.41, 5.74) is 0.412. The van der Waals surface area contributed by atoms with Crippen LogP contribution in [0.1, 0.15) is 11.1 Å². The monoisotopic (exact) mass is 312 g/mol. The third kappa shape index (κ3) is 2.84. The van der Waals surface area contributed by atoms with Crippen LogP contribution in [0.3, 0.4) is 0 Å². The van der Waals surface area contributed by atoms with E-state index in [4.69, 9.17) is 23.2 Å². The Balaban J connectivity index is 2.52. The van der Waals surface area contributed by atoms with Crippen LogP contribution < -0.4 is 5.56 Å². The van der Waals surface area contributed by atoms with Crippen LogP contribution in [0, 0.1) is 17.0 Å². The first-order valence-corrected chi connectivity index (χ1v) is 6.44. The summed E-state index contributed by atoms with van der Waals surface area (Å²) >= 11 is 12.1. The molecule has 1 aromatic heterocycles. The summed E-state index contributed by atoms with van der Waals surface area (Å²) in [5.74, 6) is 0. The van der Waals surface area contributed by atoms with Crippen LogP contribution in [0.25, 0.3) is 0 Å². The van der Waals surface area contributed by atoms with Gasteiger partial charge in [0.15, 0.2) is 0 Å². The number of aromatic nitrogens is 1. The van der Waals surface area contributed by atoms with Gasteiger partial charge in [0.25, 0.3) is 11.2 Å². The fourth-order valence-corrected chi connectivity index (χ4v) is 2.34. The van der Waals surface area contributed by atoms with Crippen molar-refractivity contribution in [3.8, 4) is 0 Å². The molecule has 104 valence electrons. The lowest BCUT2D eigenvalue weighted by Gasteiger charge is -2.10. The molecule has 0 spiro atoms. The Labute approximate surface area is 124 Å². The van der Waals surface area contributed by atoms with E-state index in [2.05, 4.69) is 0 Å². The Hall–Kier alpha value is -1.85. The summed E-state index contributed by atoms with van der Waals surface area (Å²) in [6, 6.07) is 6.21. The molecule has 0 radical (unpaired) electrons. The SMILES string of the molecule is Cc1cc(=O)n(Cc2c(Cl)cccc2Cl)cc1[N+](=O)[O-]. The van der Waals surface area contributed by atoms with Gasteiger partial charge in [0.2, 0.25) is 0 Å². The smallest absolute Gasteiger partial charge is 0.288 e. The van der Waals surface area contributed by atoms with Crippen molar-refractivity contribution < 1.29 is 4.92 Å². The van der Waals surface area contributed by atoms with Crippen LogP contribution in [0.5, 0.6) is 0 Å². The van der Waals surface area contributed by atoms with Gasteiger partial charge in [0.1, 0.15) is 0 Å². The predicted molar refractivity (Wildman–Crippen MR) is 77.7 cm³/mol. The zero-order chi connectivity index (χ0) is 14.9. The molecule has 0 aliphatic carbocycles. The van der Waals surface area contributed by atoms with Gasteiger partial charge in [0, 0.05) is 27.2 Å². The van der Waals surface area contributed by atoms with Crippen molar-refractivity contribution in [3.63, 3.8) is 0 Å². The second-order valence-electron chi connectivity index (χ2n) is 4.27. The Bertz CT molecular complexity index is 721. The molecule has 0 bridgehead atoms. The lowest BCUT2D eigenvalue weighted by atomic mass is 10.2. The molecule has 0 aliphatic heterocycles. The molecular weight excluding hydrogens is 303 g/mol. The lowest BCUT2D eigenvalue weighted by molar-refractivity contribution is -0.385. The molecule has 1 aromatic carbocycles. The van der Waals surface area contributed by atoms with E-state index in [1.54, 1.807) is 18.2 Å². The molecular formula is C13H10Cl2N2O3. The molecule has 2 aromatic rings. The maximum Gasteiger partial charge on any atom is 0.288 e. The van der Waals surface area contributed by atoms with Crippen molar-refractivity contribution in [2.24, 2.45) is 0 Å². The number of aryl methyl sites for hydroxylation is 1. The van der Waals surface area contributed by atoms with Gasteiger partial charge < -0.3 is 4.57 Å². The predicted octanol–water partition coefficient (Wildman–Crippen LogP) is 3.42. The molecule has 5 nitrogen and oxygen atoms in total. The van der Waals surface area contributed by atoms with Crippen molar-refractivity contribution in [1.29, 1.82) is 0 Å². The summed E-state index contributed by atoms with van der Waals surface area (Å²) < 4.78 is 1.22. The summed E-state index contributed by atoms with van der Waals surface area (Å²) in [4.78, 5) is 22.3. The van der Waals surface area contributed by atoms with E-state index in [1.807, 2.05) is 0 Å². The van der Waals surface area contributed by atoms with E-state index >= 15 is 0 Å². The highest BCUT2D eigenvalue weighted by atomic mass is 35.5. The highest BCUT2D eigenvalue weighted by Crippen LogP contribution is 2.25. The number of hydrogen-bond acceptors (Lipinski definition) is 3. The zero-order valence-corrected chi connectivity index (χ0v) is 12.0. The number of nitrogens with zero attached hydrogens (tertiary/aromatic N) is 2. The number of rotatable bonds is 3. The normalized spacial score (nSPS) is 10.6. The summed E-state index contributed by atoms with van der Waals surface area (Å²) in [7, 11) is 0. The lowest BCUT2D eigenvalue weighted by Crippen LogP contribution is -2.21. The first kappa shape index (κ1) is 14.6. The van der Waals surface area contributed by atoms with Crippen molar-refractivity contribution in [2.75, 3.05) is 0 Å². The Morgan fingerprint density at radius 3 is 2.45 bits per heavy atom. The Kier molecular flexibility index (Phi) is 4.11. The quantitative estimate of drug-likeness (QED) is 0.644. The average Bonchev–Trinajstić information content (AvgIpc) is 2.35. The summed E-state index contributed by atoms with van der Waals surface area (Å²) in [6.45, 7) is 1.60. The van der Waals surface area contributed by atoms with Crippen molar-refractivity contribution >= 4 is 28.9 Å². The van der Waals surface area contributed by atoms with Gasteiger partial charge in [-0.3, -0.25) is 14.9 Å². The van der Waals surface area contributed by atoms with Crippen LogP contribution in [-0.4, -0.2) is 9.49 Å². The van der Waals surface area contributed by atoms with Gasteiger partial charge in [-0.1, -0.05) is 29.3 Å². The highest BCUT2D eigenvalue weighted by Gasteiger charge is 2.15. The molecule has 7 heteroatoms. The third-order valence-corrected chi connectivity index (χ3v) is 3.60. The Morgan fingerprint density at radius 1 is 1.30 bits per heavy atom. The maximum absolute atomic E-state index is 11.9. The molecule has 0 N–H and O–H groups in total. The van der Waals surface area contributed by atoms with Crippen LogP contribution in [-0.2, 0) is 6.54 Å². The van der Waals surface area contributed by atoms with Crippen molar-refractivity contribution in [1.82, 2.24) is 4.57 Å². The van der Waals surface area contributed by atoms with Gasteiger partial charge in [-0.05, 0) is 19.1 Å². The third-order valence-electron chi connectivity index (χ3n) is 2.89. The molecule has 0 aliphatic rings. The van der Waals surface area contributed by atoms with Crippen molar-refractivity contribution in [3.05, 3.63) is 72.1 Å². The molecule has 0 unspecified atom stereocenters. The van der Waals surface area contributed by atoms with Crippen LogP contribution in [0.15, 0.2) is 35.3 Å². The van der Waals surface area contributed by atoms with Crippen LogP contribution in [0.2, 0.25) is 10.0 Å². The first-order chi connectivity index (χ1) is 9.40. The minimum Gasteiger partial charge on any atom is -0.304 e. The van der Waals surface area contributed by atoms with Gasteiger partial charge in [0.05, 0.1) is 17.7 Å². The fraction of sp³-hybridized carbons (Fsp3) is 0.154. The minimum absolute atomic E-state index is 0.0818. The van der Waals surface area contributed by atoms with E-state index in [1.165, 1.54) is 23.8 Å². The molecule has 20 heavy (non-hydrogen) atoms. The average molecular weight is 313 g/mol. The van der Waals surface area contributed by atoms with Crippen LogP contribution >= 0.6 is 23.2 Å². The Morgan fingerprint density at radius 2 is 1.90 bits per heavy atom. The molecule has 0 saturated heterocycles. The zero-order valence-electron chi connectivity index (χ0n) is 10.5. The first-order valence-electron chi connectivity index (χ1n) is 5.68. The van der Waals surface area contributed by atoms with E-state index < -0.39 is 4.92 Å². The molecule has 0 fully saturated rings. The second kappa shape index (κ2) is 5.64. The minimum atomic E-state index is -0.528. The highest BCUT2D eigenvalue weighted by molar-refractivity contribution is 6.35. The maximum atomic E-state index is 11.9. The molecule has 0 saturated carbocycles. The molecule has 1 heterocycles. The number of benzene rings is 1. The van der Waals surface area contributed by atoms with E-state index in [9.17, 15) is 14.9 Å². The van der Waals surface area contributed by atoms with Crippen LogP contribution in [0.4, 0.5) is 5.69 Å².